The third-order valence-corrected chi connectivity index (χ3v) is 3.68. The van der Waals surface area contributed by atoms with E-state index >= 15 is 0 Å². The molecule has 2 atom stereocenters. The number of amides is 2. The number of alkyl carbamates (subject to hydrolysis) is 1. The highest BCUT2D eigenvalue weighted by molar-refractivity contribution is 5.79. The molecule has 0 bridgehead atoms. The Morgan fingerprint density at radius 1 is 0.880 bits per heavy atom. The van der Waals surface area contributed by atoms with Crippen LogP contribution in [-0.2, 0) is 19.1 Å². The molecule has 0 aromatic carbocycles. The lowest BCUT2D eigenvalue weighted by Crippen LogP contribution is -2.47. The summed E-state index contributed by atoms with van der Waals surface area (Å²) in [5.41, 5.74) is -0.600. The maximum absolute atomic E-state index is 12.4. The molecule has 0 aliphatic carbocycles. The fourth-order valence-corrected chi connectivity index (χ4v) is 2.09. The van der Waals surface area contributed by atoms with Crippen LogP contribution in [0.2, 0.25) is 0 Å². The SMILES string of the molecule is COC(=O)C[C@H](NC(=O)C[C@@H](NC(=O)OC(C)(C)C)C(C)C)C(C)C. The zero-order valence-corrected chi connectivity index (χ0v) is 16.8. The Labute approximate surface area is 151 Å². The van der Waals surface area contributed by atoms with Gasteiger partial charge >= 0.3 is 12.1 Å². The number of hydrogen-bond acceptors (Lipinski definition) is 5. The Balaban J connectivity index is 4.76. The molecule has 0 aliphatic heterocycles. The van der Waals surface area contributed by atoms with Crippen LogP contribution in [0.15, 0.2) is 0 Å². The third kappa shape index (κ3) is 10.6. The lowest BCUT2D eigenvalue weighted by Gasteiger charge is -2.27. The maximum atomic E-state index is 12.4. The van der Waals surface area contributed by atoms with E-state index in [0.29, 0.717) is 0 Å². The summed E-state index contributed by atoms with van der Waals surface area (Å²) in [6, 6.07) is -0.671. The van der Waals surface area contributed by atoms with E-state index in [2.05, 4.69) is 15.4 Å². The molecule has 0 rings (SSSR count). The predicted octanol–water partition coefficient (Wildman–Crippen LogP) is 2.63. The second-order valence-electron chi connectivity index (χ2n) is 7.90. The minimum absolute atomic E-state index is 0.0522. The van der Waals surface area contributed by atoms with Gasteiger partial charge in [-0.3, -0.25) is 9.59 Å². The van der Waals surface area contributed by atoms with Gasteiger partial charge in [-0.2, -0.15) is 0 Å². The molecule has 2 N–H and O–H groups in total. The normalized spacial score (nSPS) is 14.0. The molecular formula is C18H34N2O5. The fraction of sp³-hybridized carbons (Fsp3) is 0.833. The van der Waals surface area contributed by atoms with Crippen molar-refractivity contribution in [2.45, 2.75) is 79.0 Å². The second kappa shape index (κ2) is 10.3. The topological polar surface area (TPSA) is 93.7 Å². The number of carbonyl (C=O) groups excluding carboxylic acids is 3. The van der Waals surface area contributed by atoms with Gasteiger partial charge < -0.3 is 20.1 Å². The summed E-state index contributed by atoms with van der Waals surface area (Å²) in [4.78, 5) is 35.8. The molecule has 0 aliphatic rings. The summed E-state index contributed by atoms with van der Waals surface area (Å²) in [6.45, 7) is 13.0. The van der Waals surface area contributed by atoms with Gasteiger partial charge in [-0.25, -0.2) is 4.79 Å². The highest BCUT2D eigenvalue weighted by atomic mass is 16.6. The molecule has 7 nitrogen and oxygen atoms in total. The van der Waals surface area contributed by atoms with E-state index in [-0.39, 0.29) is 48.6 Å². The van der Waals surface area contributed by atoms with E-state index in [0.717, 1.165) is 0 Å². The molecule has 0 saturated carbocycles. The summed E-state index contributed by atoms with van der Waals surface area (Å²) < 4.78 is 9.91. The summed E-state index contributed by atoms with van der Waals surface area (Å²) in [6.07, 6.45) is -0.318. The van der Waals surface area contributed by atoms with Crippen LogP contribution >= 0.6 is 0 Å². The molecule has 25 heavy (non-hydrogen) atoms. The smallest absolute Gasteiger partial charge is 0.407 e. The number of nitrogens with one attached hydrogen (secondary N) is 2. The van der Waals surface area contributed by atoms with Crippen LogP contribution in [0.3, 0.4) is 0 Å². The number of ether oxygens (including phenoxy) is 2. The molecule has 0 aromatic rings. The Morgan fingerprint density at radius 3 is 1.76 bits per heavy atom. The first-order valence-corrected chi connectivity index (χ1v) is 8.71. The van der Waals surface area contributed by atoms with Crippen LogP contribution in [0.4, 0.5) is 4.79 Å². The molecule has 0 heterocycles. The van der Waals surface area contributed by atoms with Crippen molar-refractivity contribution in [2.75, 3.05) is 7.11 Å². The first-order valence-electron chi connectivity index (χ1n) is 8.71. The Bertz CT molecular complexity index is 455. The first-order chi connectivity index (χ1) is 11.4. The number of methoxy groups -OCH3 is 1. The van der Waals surface area contributed by atoms with Crippen LogP contribution in [0.25, 0.3) is 0 Å². The largest absolute Gasteiger partial charge is 0.469 e. The van der Waals surface area contributed by atoms with Gasteiger partial charge in [0.2, 0.25) is 5.91 Å². The van der Waals surface area contributed by atoms with E-state index in [4.69, 9.17) is 4.74 Å². The lowest BCUT2D eigenvalue weighted by molar-refractivity contribution is -0.141. The van der Waals surface area contributed by atoms with Gasteiger partial charge in [-0.05, 0) is 32.6 Å². The van der Waals surface area contributed by atoms with Crippen molar-refractivity contribution >= 4 is 18.0 Å². The molecule has 2 amide bonds. The maximum Gasteiger partial charge on any atom is 0.407 e. The van der Waals surface area contributed by atoms with Gasteiger partial charge in [-0.1, -0.05) is 27.7 Å². The fourth-order valence-electron chi connectivity index (χ4n) is 2.09. The quantitative estimate of drug-likeness (QED) is 0.651. The minimum atomic E-state index is -0.600. The van der Waals surface area contributed by atoms with E-state index in [9.17, 15) is 14.4 Å². The van der Waals surface area contributed by atoms with Gasteiger partial charge in [0.1, 0.15) is 5.60 Å². The van der Waals surface area contributed by atoms with Gasteiger partial charge in [0, 0.05) is 18.5 Å². The molecule has 146 valence electrons. The van der Waals surface area contributed by atoms with Gasteiger partial charge in [0.25, 0.3) is 0 Å². The zero-order valence-electron chi connectivity index (χ0n) is 16.8. The van der Waals surface area contributed by atoms with Crippen molar-refractivity contribution in [3.63, 3.8) is 0 Å². The van der Waals surface area contributed by atoms with Crippen molar-refractivity contribution < 1.29 is 23.9 Å². The molecule has 0 saturated heterocycles. The Morgan fingerprint density at radius 2 is 1.36 bits per heavy atom. The summed E-state index contributed by atoms with van der Waals surface area (Å²) >= 11 is 0. The highest BCUT2D eigenvalue weighted by Gasteiger charge is 2.26. The summed E-state index contributed by atoms with van der Waals surface area (Å²) in [5, 5.41) is 5.60. The van der Waals surface area contributed by atoms with Crippen molar-refractivity contribution in [3.05, 3.63) is 0 Å². The molecule has 0 fully saturated rings. The van der Waals surface area contributed by atoms with Crippen molar-refractivity contribution in [1.82, 2.24) is 10.6 Å². The number of hydrogen-bond donors (Lipinski definition) is 2. The van der Waals surface area contributed by atoms with Crippen LogP contribution < -0.4 is 10.6 Å². The molecule has 0 aromatic heterocycles. The average molecular weight is 358 g/mol. The molecular weight excluding hydrogens is 324 g/mol. The molecule has 0 spiro atoms. The predicted molar refractivity (Wildman–Crippen MR) is 96.0 cm³/mol. The van der Waals surface area contributed by atoms with Crippen LogP contribution in [0, 0.1) is 11.8 Å². The van der Waals surface area contributed by atoms with Crippen molar-refractivity contribution in [3.8, 4) is 0 Å². The number of carbonyl (C=O) groups is 3. The number of rotatable bonds is 8. The standard InChI is InChI=1S/C18H34N2O5/c1-11(2)13(20-17(23)25-18(5,6)7)9-15(21)19-14(12(3)4)10-16(22)24-8/h11-14H,9-10H2,1-8H3,(H,19,21)(H,20,23)/t13-,14+/m1/s1. The van der Waals surface area contributed by atoms with E-state index < -0.39 is 11.7 Å². The molecule has 7 heteroatoms. The Kier molecular flexibility index (Phi) is 9.52. The van der Waals surface area contributed by atoms with E-state index in [1.165, 1.54) is 7.11 Å². The highest BCUT2D eigenvalue weighted by Crippen LogP contribution is 2.12. The van der Waals surface area contributed by atoms with Gasteiger partial charge in [0.05, 0.1) is 13.5 Å². The molecule has 0 unspecified atom stereocenters. The second-order valence-corrected chi connectivity index (χ2v) is 7.90. The van der Waals surface area contributed by atoms with Gasteiger partial charge in [-0.15, -0.1) is 0 Å². The van der Waals surface area contributed by atoms with E-state index in [1.807, 2.05) is 27.7 Å². The average Bonchev–Trinajstić information content (AvgIpc) is 2.43. The van der Waals surface area contributed by atoms with Crippen LogP contribution in [0.1, 0.15) is 61.3 Å². The molecule has 0 radical (unpaired) electrons. The third-order valence-electron chi connectivity index (χ3n) is 3.68. The minimum Gasteiger partial charge on any atom is -0.469 e. The lowest BCUT2D eigenvalue weighted by atomic mass is 9.98. The van der Waals surface area contributed by atoms with Crippen molar-refractivity contribution in [2.24, 2.45) is 11.8 Å². The summed E-state index contributed by atoms with van der Waals surface area (Å²) in [7, 11) is 1.32. The summed E-state index contributed by atoms with van der Waals surface area (Å²) in [5.74, 6) is -0.459. The monoisotopic (exact) mass is 358 g/mol. The van der Waals surface area contributed by atoms with Gasteiger partial charge in [0.15, 0.2) is 0 Å². The van der Waals surface area contributed by atoms with Crippen LogP contribution in [0.5, 0.6) is 0 Å². The Hall–Kier alpha value is -1.79. The van der Waals surface area contributed by atoms with Crippen molar-refractivity contribution in [1.29, 1.82) is 0 Å². The van der Waals surface area contributed by atoms with Crippen LogP contribution in [-0.4, -0.2) is 42.8 Å². The zero-order chi connectivity index (χ0) is 19.8. The number of esters is 1. The van der Waals surface area contributed by atoms with E-state index in [1.54, 1.807) is 20.8 Å². The first kappa shape index (κ1) is 23.2.